The van der Waals surface area contributed by atoms with Gasteiger partial charge in [0.1, 0.15) is 5.75 Å². The van der Waals surface area contributed by atoms with Gasteiger partial charge in [-0.1, -0.05) is 53.9 Å². The average molecular weight is 439 g/mol. The Morgan fingerprint density at radius 2 is 1.83 bits per heavy atom. The van der Waals surface area contributed by atoms with Gasteiger partial charge in [-0.05, 0) is 35.9 Å². The molecule has 18 heavy (non-hydrogen) atoms. The standard InChI is InChI=1S/C13H8Br3FO/c14-7-8-1-3-10(6-11(8)16)18-13-4-2-9(15)5-12(13)17/h1-6H,7H2. The predicted octanol–water partition coefficient (Wildman–Crippen LogP) is 6.04. The molecule has 0 aromatic heterocycles. The summed E-state index contributed by atoms with van der Waals surface area (Å²) in [5, 5.41) is 0.751. The first-order chi connectivity index (χ1) is 8.60. The van der Waals surface area contributed by atoms with E-state index >= 15 is 0 Å². The molecule has 0 heterocycles. The zero-order valence-corrected chi connectivity index (χ0v) is 13.8. The smallest absolute Gasteiger partial charge is 0.166 e. The van der Waals surface area contributed by atoms with Crippen LogP contribution in [0.3, 0.4) is 0 Å². The molecule has 2 rings (SSSR count). The van der Waals surface area contributed by atoms with E-state index in [1.165, 1.54) is 6.07 Å². The van der Waals surface area contributed by atoms with Crippen LogP contribution in [0.15, 0.2) is 45.3 Å². The molecule has 0 unspecified atom stereocenters. The van der Waals surface area contributed by atoms with Gasteiger partial charge >= 0.3 is 0 Å². The van der Waals surface area contributed by atoms with Gasteiger partial charge in [0.05, 0.1) is 0 Å². The normalized spacial score (nSPS) is 10.4. The largest absolute Gasteiger partial charge is 0.454 e. The van der Waals surface area contributed by atoms with Gasteiger partial charge in [0.25, 0.3) is 0 Å². The Balaban J connectivity index is 2.26. The van der Waals surface area contributed by atoms with Crippen molar-refractivity contribution in [1.82, 2.24) is 0 Å². The molecule has 2 aromatic carbocycles. The third kappa shape index (κ3) is 3.33. The second-order valence-corrected chi connectivity index (χ2v) is 5.89. The molecule has 5 heteroatoms. The van der Waals surface area contributed by atoms with Gasteiger partial charge < -0.3 is 4.74 Å². The van der Waals surface area contributed by atoms with Crippen molar-refractivity contribution >= 4 is 47.8 Å². The Kier molecular flexibility index (Phi) is 4.81. The molecule has 0 aliphatic rings. The molecule has 0 aliphatic heterocycles. The summed E-state index contributed by atoms with van der Waals surface area (Å²) in [6.07, 6.45) is 0. The second kappa shape index (κ2) is 6.17. The highest BCUT2D eigenvalue weighted by atomic mass is 79.9. The molecule has 0 saturated carbocycles. The Bertz CT molecular complexity index is 572. The molecule has 0 N–H and O–H groups in total. The first kappa shape index (κ1) is 14.0. The van der Waals surface area contributed by atoms with Crippen LogP contribution in [0.2, 0.25) is 0 Å². The molecule has 0 amide bonds. The number of benzene rings is 2. The summed E-state index contributed by atoms with van der Waals surface area (Å²) in [4.78, 5) is 0. The SMILES string of the molecule is Fc1cc(Br)ccc1Oc1ccc(CBr)c(Br)c1. The summed E-state index contributed by atoms with van der Waals surface area (Å²) in [6.45, 7) is 0. The number of hydrogen-bond acceptors (Lipinski definition) is 1. The van der Waals surface area contributed by atoms with Gasteiger partial charge in [0.2, 0.25) is 0 Å². The summed E-state index contributed by atoms with van der Waals surface area (Å²) in [5.41, 5.74) is 1.11. The molecule has 1 nitrogen and oxygen atoms in total. The van der Waals surface area contributed by atoms with E-state index in [1.54, 1.807) is 12.1 Å². The topological polar surface area (TPSA) is 9.23 Å². The quantitative estimate of drug-likeness (QED) is 0.531. The lowest BCUT2D eigenvalue weighted by molar-refractivity contribution is 0.441. The van der Waals surface area contributed by atoms with Crippen LogP contribution in [-0.4, -0.2) is 0 Å². The van der Waals surface area contributed by atoms with E-state index in [0.29, 0.717) is 10.2 Å². The first-order valence-corrected chi connectivity index (χ1v) is 7.78. The Morgan fingerprint density at radius 1 is 1.06 bits per heavy atom. The van der Waals surface area contributed by atoms with Gasteiger partial charge in [0.15, 0.2) is 11.6 Å². The lowest BCUT2D eigenvalue weighted by atomic mass is 10.2. The summed E-state index contributed by atoms with van der Waals surface area (Å²) < 4.78 is 20.7. The van der Waals surface area contributed by atoms with Gasteiger partial charge in [-0.2, -0.15) is 0 Å². The lowest BCUT2D eigenvalue weighted by Gasteiger charge is -2.09. The Labute approximate surface area is 130 Å². The highest BCUT2D eigenvalue weighted by molar-refractivity contribution is 9.11. The molecular weight excluding hydrogens is 431 g/mol. The van der Waals surface area contributed by atoms with Crippen LogP contribution >= 0.6 is 47.8 Å². The number of alkyl halides is 1. The fraction of sp³-hybridized carbons (Fsp3) is 0.0769. The van der Waals surface area contributed by atoms with E-state index in [0.717, 1.165) is 15.4 Å². The van der Waals surface area contributed by atoms with E-state index in [9.17, 15) is 4.39 Å². The highest BCUT2D eigenvalue weighted by Crippen LogP contribution is 2.30. The molecule has 0 radical (unpaired) electrons. The monoisotopic (exact) mass is 436 g/mol. The van der Waals surface area contributed by atoms with Crippen LogP contribution in [0.25, 0.3) is 0 Å². The Hall–Kier alpha value is -0.390. The molecule has 2 aromatic rings. The molecule has 0 fully saturated rings. The van der Waals surface area contributed by atoms with Crippen LogP contribution in [0.5, 0.6) is 11.5 Å². The van der Waals surface area contributed by atoms with Crippen molar-refractivity contribution < 1.29 is 9.13 Å². The predicted molar refractivity (Wildman–Crippen MR) is 80.9 cm³/mol. The summed E-state index contributed by atoms with van der Waals surface area (Å²) in [6, 6.07) is 10.2. The maximum Gasteiger partial charge on any atom is 0.166 e. The summed E-state index contributed by atoms with van der Waals surface area (Å²) in [5.74, 6) is 0.398. The molecule has 0 bridgehead atoms. The zero-order valence-electron chi connectivity index (χ0n) is 9.09. The van der Waals surface area contributed by atoms with E-state index < -0.39 is 5.82 Å². The van der Waals surface area contributed by atoms with E-state index in [-0.39, 0.29) is 5.75 Å². The third-order valence-corrected chi connectivity index (χ3v) is 4.13. The number of hydrogen-bond donors (Lipinski definition) is 0. The highest BCUT2D eigenvalue weighted by Gasteiger charge is 2.07. The minimum absolute atomic E-state index is 0.205. The van der Waals surface area contributed by atoms with Crippen molar-refractivity contribution in [2.75, 3.05) is 0 Å². The maximum atomic E-state index is 13.6. The van der Waals surface area contributed by atoms with Crippen LogP contribution in [0.1, 0.15) is 5.56 Å². The number of halogens is 4. The second-order valence-electron chi connectivity index (χ2n) is 3.56. The maximum absolute atomic E-state index is 13.6. The lowest BCUT2D eigenvalue weighted by Crippen LogP contribution is -1.89. The van der Waals surface area contributed by atoms with Crippen LogP contribution in [0.4, 0.5) is 4.39 Å². The van der Waals surface area contributed by atoms with Gasteiger partial charge in [-0.15, -0.1) is 0 Å². The van der Waals surface area contributed by atoms with Crippen molar-refractivity contribution in [3.05, 3.63) is 56.7 Å². The fourth-order valence-electron chi connectivity index (χ4n) is 1.38. The van der Waals surface area contributed by atoms with E-state index in [2.05, 4.69) is 47.8 Å². The van der Waals surface area contributed by atoms with Gasteiger partial charge in [-0.25, -0.2) is 4.39 Å². The summed E-state index contributed by atoms with van der Waals surface area (Å²) >= 11 is 10.0. The van der Waals surface area contributed by atoms with Gasteiger partial charge in [0, 0.05) is 14.3 Å². The molecule has 94 valence electrons. The van der Waals surface area contributed by atoms with Crippen molar-refractivity contribution in [3.8, 4) is 11.5 Å². The molecule has 0 saturated heterocycles. The minimum atomic E-state index is -0.398. The van der Waals surface area contributed by atoms with E-state index in [1.807, 2.05) is 18.2 Å². The third-order valence-electron chi connectivity index (χ3n) is 2.29. The van der Waals surface area contributed by atoms with Crippen LogP contribution < -0.4 is 4.74 Å². The van der Waals surface area contributed by atoms with Crippen molar-refractivity contribution in [2.24, 2.45) is 0 Å². The molecule has 0 atom stereocenters. The van der Waals surface area contributed by atoms with E-state index in [4.69, 9.17) is 4.74 Å². The number of rotatable bonds is 3. The van der Waals surface area contributed by atoms with Crippen molar-refractivity contribution in [2.45, 2.75) is 5.33 Å². The van der Waals surface area contributed by atoms with Crippen LogP contribution in [0, 0.1) is 5.82 Å². The van der Waals surface area contributed by atoms with Crippen molar-refractivity contribution in [1.29, 1.82) is 0 Å². The summed E-state index contributed by atoms with van der Waals surface area (Å²) in [7, 11) is 0. The first-order valence-electron chi connectivity index (χ1n) is 5.07. The zero-order chi connectivity index (χ0) is 13.1. The minimum Gasteiger partial charge on any atom is -0.454 e. The fourth-order valence-corrected chi connectivity index (χ4v) is 3.08. The molecule has 0 aliphatic carbocycles. The van der Waals surface area contributed by atoms with Crippen LogP contribution in [-0.2, 0) is 5.33 Å². The average Bonchev–Trinajstić information content (AvgIpc) is 2.33. The van der Waals surface area contributed by atoms with Gasteiger partial charge in [-0.3, -0.25) is 0 Å². The van der Waals surface area contributed by atoms with Crippen molar-refractivity contribution in [3.63, 3.8) is 0 Å². The Morgan fingerprint density at radius 3 is 2.44 bits per heavy atom. The molecular formula is C13H8Br3FO. The molecule has 0 spiro atoms. The number of ether oxygens (including phenoxy) is 1.